The van der Waals surface area contributed by atoms with E-state index in [1.807, 2.05) is 13.8 Å². The van der Waals surface area contributed by atoms with E-state index in [0.717, 1.165) is 19.3 Å². The highest BCUT2D eigenvalue weighted by atomic mass is 32.2. The predicted molar refractivity (Wildman–Crippen MR) is 83.8 cm³/mol. The van der Waals surface area contributed by atoms with Gasteiger partial charge in [-0.15, -0.1) is 0 Å². The number of carbonyl (C=O) groups excluding carboxylic acids is 1. The van der Waals surface area contributed by atoms with Gasteiger partial charge in [-0.3, -0.25) is 4.79 Å². The lowest BCUT2D eigenvalue weighted by Crippen LogP contribution is -2.30. The number of benzene rings is 1. The molecular weight excluding hydrogens is 288 g/mol. The van der Waals surface area contributed by atoms with Crippen molar-refractivity contribution in [3.8, 4) is 0 Å². The fourth-order valence-electron chi connectivity index (χ4n) is 1.80. The van der Waals surface area contributed by atoms with Crippen LogP contribution in [0.25, 0.3) is 0 Å². The first-order valence-electron chi connectivity index (χ1n) is 7.27. The van der Waals surface area contributed by atoms with Crippen LogP contribution in [-0.4, -0.2) is 26.9 Å². The molecule has 1 rings (SSSR count). The highest BCUT2D eigenvalue weighted by Gasteiger charge is 2.14. The average molecular weight is 312 g/mol. The lowest BCUT2D eigenvalue weighted by Gasteiger charge is -2.09. The fourth-order valence-corrected chi connectivity index (χ4v) is 2.87. The molecule has 0 heterocycles. The first kappa shape index (κ1) is 17.7. The summed E-state index contributed by atoms with van der Waals surface area (Å²) in [5.74, 6) is -0.204. The highest BCUT2D eigenvalue weighted by Crippen LogP contribution is 2.11. The molecule has 0 aliphatic carbocycles. The average Bonchev–Trinajstić information content (AvgIpc) is 2.43. The summed E-state index contributed by atoms with van der Waals surface area (Å²) in [4.78, 5) is 12.0. The third kappa shape index (κ3) is 5.85. The minimum atomic E-state index is -3.49. The van der Waals surface area contributed by atoms with E-state index in [9.17, 15) is 13.2 Å². The Balaban J connectivity index is 2.70. The molecule has 0 radical (unpaired) electrons. The molecule has 0 unspecified atom stereocenters. The van der Waals surface area contributed by atoms with Crippen molar-refractivity contribution in [2.45, 2.75) is 51.0 Å². The Kier molecular flexibility index (Phi) is 6.84. The van der Waals surface area contributed by atoms with Gasteiger partial charge in [0, 0.05) is 18.2 Å². The number of carbonyl (C=O) groups is 1. The lowest BCUT2D eigenvalue weighted by molar-refractivity contribution is 0.0943. The van der Waals surface area contributed by atoms with Gasteiger partial charge in [-0.05, 0) is 44.5 Å². The van der Waals surface area contributed by atoms with Crippen molar-refractivity contribution in [1.82, 2.24) is 10.0 Å². The van der Waals surface area contributed by atoms with E-state index in [0.29, 0.717) is 12.1 Å². The summed E-state index contributed by atoms with van der Waals surface area (Å²) in [5.41, 5.74) is 0.452. The molecule has 1 aromatic carbocycles. The number of amides is 1. The zero-order valence-corrected chi connectivity index (χ0v) is 13.7. The van der Waals surface area contributed by atoms with Gasteiger partial charge in [-0.25, -0.2) is 13.1 Å². The molecule has 6 heteroatoms. The third-order valence-corrected chi connectivity index (χ3v) is 4.40. The highest BCUT2D eigenvalue weighted by molar-refractivity contribution is 7.89. The Morgan fingerprint density at radius 3 is 2.29 bits per heavy atom. The van der Waals surface area contributed by atoms with Crippen molar-refractivity contribution >= 4 is 15.9 Å². The molecule has 1 aromatic rings. The molecule has 0 aliphatic rings. The monoisotopic (exact) mass is 312 g/mol. The van der Waals surface area contributed by atoms with Crippen molar-refractivity contribution in [1.29, 1.82) is 0 Å². The van der Waals surface area contributed by atoms with E-state index in [1.54, 1.807) is 0 Å². The van der Waals surface area contributed by atoms with Gasteiger partial charge in [0.2, 0.25) is 10.0 Å². The normalized spacial score (nSPS) is 11.6. The summed E-state index contributed by atoms with van der Waals surface area (Å²) >= 11 is 0. The Hall–Kier alpha value is -1.40. The van der Waals surface area contributed by atoms with Gasteiger partial charge in [0.05, 0.1) is 4.90 Å². The summed E-state index contributed by atoms with van der Waals surface area (Å²) in [7, 11) is -3.49. The summed E-state index contributed by atoms with van der Waals surface area (Å²) in [6.45, 7) is 6.25. The summed E-state index contributed by atoms with van der Waals surface area (Å²) in [6.07, 6.45) is 2.86. The number of nitrogens with one attached hydrogen (secondary N) is 2. The molecule has 0 atom stereocenters. The molecule has 0 aromatic heterocycles. The molecule has 0 saturated carbocycles. The van der Waals surface area contributed by atoms with E-state index >= 15 is 0 Å². The van der Waals surface area contributed by atoms with Gasteiger partial charge in [-0.1, -0.05) is 19.8 Å². The summed E-state index contributed by atoms with van der Waals surface area (Å²) in [6, 6.07) is 6.01. The van der Waals surface area contributed by atoms with Crippen LogP contribution in [0.1, 0.15) is 50.4 Å². The summed E-state index contributed by atoms with van der Waals surface area (Å²) < 4.78 is 26.6. The molecule has 21 heavy (non-hydrogen) atoms. The minimum Gasteiger partial charge on any atom is -0.350 e. The van der Waals surface area contributed by atoms with Crippen LogP contribution in [0.5, 0.6) is 0 Å². The van der Waals surface area contributed by atoms with E-state index in [1.165, 1.54) is 24.3 Å². The van der Waals surface area contributed by atoms with Gasteiger partial charge in [0.25, 0.3) is 5.91 Å². The van der Waals surface area contributed by atoms with Crippen molar-refractivity contribution < 1.29 is 13.2 Å². The van der Waals surface area contributed by atoms with Crippen molar-refractivity contribution in [3.63, 3.8) is 0 Å². The minimum absolute atomic E-state index is 0.0427. The third-order valence-electron chi connectivity index (χ3n) is 2.92. The zero-order chi connectivity index (χ0) is 15.9. The lowest BCUT2D eigenvalue weighted by atomic mass is 10.2. The van der Waals surface area contributed by atoms with E-state index in [4.69, 9.17) is 0 Å². The van der Waals surface area contributed by atoms with Crippen molar-refractivity contribution in [3.05, 3.63) is 29.8 Å². The Morgan fingerprint density at radius 1 is 1.14 bits per heavy atom. The van der Waals surface area contributed by atoms with E-state index in [-0.39, 0.29) is 16.8 Å². The molecule has 118 valence electrons. The second kappa shape index (κ2) is 8.14. The number of rotatable bonds is 8. The Morgan fingerprint density at radius 2 is 1.76 bits per heavy atom. The van der Waals surface area contributed by atoms with Crippen LogP contribution in [0.2, 0.25) is 0 Å². The van der Waals surface area contributed by atoms with Crippen molar-refractivity contribution in [2.75, 3.05) is 6.54 Å². The maximum atomic E-state index is 12.0. The molecule has 0 fully saturated rings. The van der Waals surface area contributed by atoms with Crippen LogP contribution in [0.4, 0.5) is 0 Å². The van der Waals surface area contributed by atoms with Crippen LogP contribution in [-0.2, 0) is 10.0 Å². The Bertz CT molecular complexity index is 551. The molecule has 5 nitrogen and oxygen atoms in total. The first-order chi connectivity index (χ1) is 9.86. The van der Waals surface area contributed by atoms with Gasteiger partial charge in [0.15, 0.2) is 0 Å². The van der Waals surface area contributed by atoms with Crippen LogP contribution in [0.3, 0.4) is 0 Å². The summed E-state index contributed by atoms with van der Waals surface area (Å²) in [5, 5.41) is 2.76. The largest absolute Gasteiger partial charge is 0.350 e. The van der Waals surface area contributed by atoms with Crippen LogP contribution in [0, 0.1) is 0 Å². The van der Waals surface area contributed by atoms with Gasteiger partial charge in [-0.2, -0.15) is 0 Å². The fraction of sp³-hybridized carbons (Fsp3) is 0.533. The molecule has 0 saturated heterocycles. The smallest absolute Gasteiger partial charge is 0.251 e. The van der Waals surface area contributed by atoms with Crippen LogP contribution < -0.4 is 10.0 Å². The van der Waals surface area contributed by atoms with Gasteiger partial charge < -0.3 is 5.32 Å². The van der Waals surface area contributed by atoms with E-state index < -0.39 is 10.0 Å². The topological polar surface area (TPSA) is 75.3 Å². The molecule has 0 aliphatic heterocycles. The number of sulfonamides is 1. The standard InChI is InChI=1S/C15H24N2O3S/c1-4-5-6-11-16-21(19,20)14-9-7-13(8-10-14)15(18)17-12(2)3/h7-10,12,16H,4-6,11H2,1-3H3,(H,17,18). The molecular formula is C15H24N2O3S. The van der Waals surface area contributed by atoms with Crippen LogP contribution >= 0.6 is 0 Å². The van der Waals surface area contributed by atoms with Gasteiger partial charge >= 0.3 is 0 Å². The second-order valence-electron chi connectivity index (χ2n) is 5.26. The first-order valence-corrected chi connectivity index (χ1v) is 8.75. The quantitative estimate of drug-likeness (QED) is 0.723. The molecule has 0 spiro atoms. The second-order valence-corrected chi connectivity index (χ2v) is 7.02. The Labute approximate surface area is 127 Å². The molecule has 1 amide bonds. The number of hydrogen-bond acceptors (Lipinski definition) is 3. The number of hydrogen-bond donors (Lipinski definition) is 2. The molecule has 2 N–H and O–H groups in total. The maximum Gasteiger partial charge on any atom is 0.251 e. The maximum absolute atomic E-state index is 12.0. The van der Waals surface area contributed by atoms with Crippen molar-refractivity contribution in [2.24, 2.45) is 0 Å². The zero-order valence-electron chi connectivity index (χ0n) is 12.8. The number of unbranched alkanes of at least 4 members (excludes halogenated alkanes) is 2. The van der Waals surface area contributed by atoms with Gasteiger partial charge in [0.1, 0.15) is 0 Å². The predicted octanol–water partition coefficient (Wildman–Crippen LogP) is 2.29. The SMILES string of the molecule is CCCCCNS(=O)(=O)c1ccc(C(=O)NC(C)C)cc1. The van der Waals surface area contributed by atoms with E-state index in [2.05, 4.69) is 17.0 Å². The molecule has 0 bridgehead atoms. The van der Waals surface area contributed by atoms with Crippen LogP contribution in [0.15, 0.2) is 29.2 Å².